The summed E-state index contributed by atoms with van der Waals surface area (Å²) in [5.41, 5.74) is 0.392. The Kier molecular flexibility index (Phi) is 4.62. The Morgan fingerprint density at radius 1 is 1.39 bits per heavy atom. The van der Waals surface area contributed by atoms with Gasteiger partial charge in [-0.1, -0.05) is 31.5 Å². The largest absolute Gasteiger partial charge is 0.496 e. The monoisotopic (exact) mass is 317 g/mol. The highest BCUT2D eigenvalue weighted by Gasteiger charge is 2.50. The third-order valence-electron chi connectivity index (χ3n) is 5.76. The van der Waals surface area contributed by atoms with Gasteiger partial charge in [-0.2, -0.15) is 0 Å². The molecule has 4 heteroatoms. The summed E-state index contributed by atoms with van der Waals surface area (Å²) < 4.78 is 5.34. The van der Waals surface area contributed by atoms with Gasteiger partial charge in [-0.3, -0.25) is 4.79 Å². The van der Waals surface area contributed by atoms with Crippen LogP contribution in [0.2, 0.25) is 0 Å². The van der Waals surface area contributed by atoms with Crippen molar-refractivity contribution in [3.05, 3.63) is 29.8 Å². The summed E-state index contributed by atoms with van der Waals surface area (Å²) in [5, 5.41) is 11.0. The maximum atomic E-state index is 12.6. The van der Waals surface area contributed by atoms with Gasteiger partial charge in [-0.05, 0) is 36.8 Å². The maximum absolute atomic E-state index is 12.6. The minimum atomic E-state index is -0.668. The Morgan fingerprint density at radius 2 is 2.13 bits per heavy atom. The SMILES string of the molecule is COc1ccccc1CCC(=O)N1CC(C)C(O)(C2CCC2)C1. The van der Waals surface area contributed by atoms with E-state index in [0.29, 0.717) is 31.8 Å². The van der Waals surface area contributed by atoms with Crippen molar-refractivity contribution >= 4 is 5.91 Å². The molecule has 1 amide bonds. The summed E-state index contributed by atoms with van der Waals surface area (Å²) in [7, 11) is 1.65. The van der Waals surface area contributed by atoms with Crippen molar-refractivity contribution in [2.45, 2.75) is 44.6 Å². The lowest BCUT2D eigenvalue weighted by Crippen LogP contribution is -2.48. The summed E-state index contributed by atoms with van der Waals surface area (Å²) in [6, 6.07) is 7.83. The van der Waals surface area contributed by atoms with Crippen LogP contribution < -0.4 is 4.74 Å². The number of hydrogen-bond acceptors (Lipinski definition) is 3. The fraction of sp³-hybridized carbons (Fsp3) is 0.632. The third kappa shape index (κ3) is 3.09. The molecule has 4 nitrogen and oxygen atoms in total. The van der Waals surface area contributed by atoms with Gasteiger partial charge in [-0.25, -0.2) is 0 Å². The highest BCUT2D eigenvalue weighted by Crippen LogP contribution is 2.44. The number of methoxy groups -OCH3 is 1. The van der Waals surface area contributed by atoms with Crippen LogP contribution in [-0.4, -0.2) is 41.7 Å². The van der Waals surface area contributed by atoms with Crippen molar-refractivity contribution in [1.82, 2.24) is 4.90 Å². The van der Waals surface area contributed by atoms with Crippen molar-refractivity contribution in [3.63, 3.8) is 0 Å². The average Bonchev–Trinajstić information content (AvgIpc) is 2.79. The van der Waals surface area contributed by atoms with Gasteiger partial charge in [0.05, 0.1) is 12.7 Å². The second-order valence-corrected chi connectivity index (χ2v) is 7.11. The fourth-order valence-corrected chi connectivity index (χ4v) is 3.95. The standard InChI is InChI=1S/C19H27NO3/c1-14-12-20(13-19(14,22)16-7-5-8-16)18(21)11-10-15-6-3-4-9-17(15)23-2/h3-4,6,9,14,16,22H,5,7-8,10-13H2,1-2H3. The van der Waals surface area contributed by atoms with Crippen LogP contribution in [0.3, 0.4) is 0 Å². The van der Waals surface area contributed by atoms with Crippen LogP contribution >= 0.6 is 0 Å². The molecule has 23 heavy (non-hydrogen) atoms. The minimum absolute atomic E-state index is 0.137. The van der Waals surface area contributed by atoms with E-state index in [1.807, 2.05) is 29.2 Å². The molecule has 1 saturated carbocycles. The predicted octanol–water partition coefficient (Wildman–Crippen LogP) is 2.64. The first-order chi connectivity index (χ1) is 11.0. The highest BCUT2D eigenvalue weighted by molar-refractivity contribution is 5.77. The van der Waals surface area contributed by atoms with E-state index in [2.05, 4.69) is 6.92 Å². The van der Waals surface area contributed by atoms with Gasteiger partial charge in [0.2, 0.25) is 5.91 Å². The molecular weight excluding hydrogens is 290 g/mol. The molecule has 0 spiro atoms. The molecule has 2 atom stereocenters. The summed E-state index contributed by atoms with van der Waals surface area (Å²) in [6.45, 7) is 3.26. The zero-order valence-corrected chi connectivity index (χ0v) is 14.1. The van der Waals surface area contributed by atoms with Gasteiger partial charge < -0.3 is 14.7 Å². The third-order valence-corrected chi connectivity index (χ3v) is 5.76. The number of para-hydroxylation sites is 1. The number of ether oxygens (including phenoxy) is 1. The molecule has 1 aromatic rings. The Balaban J connectivity index is 1.59. The second-order valence-electron chi connectivity index (χ2n) is 7.11. The van der Waals surface area contributed by atoms with Crippen molar-refractivity contribution in [3.8, 4) is 5.75 Å². The lowest BCUT2D eigenvalue weighted by Gasteiger charge is -2.41. The topological polar surface area (TPSA) is 49.8 Å². The quantitative estimate of drug-likeness (QED) is 0.908. The fourth-order valence-electron chi connectivity index (χ4n) is 3.95. The van der Waals surface area contributed by atoms with E-state index >= 15 is 0 Å². The number of likely N-dealkylation sites (tertiary alicyclic amines) is 1. The van der Waals surface area contributed by atoms with E-state index in [4.69, 9.17) is 4.74 Å². The maximum Gasteiger partial charge on any atom is 0.223 e. The van der Waals surface area contributed by atoms with E-state index in [1.54, 1.807) is 7.11 Å². The highest BCUT2D eigenvalue weighted by atomic mass is 16.5. The van der Waals surface area contributed by atoms with Crippen LogP contribution in [-0.2, 0) is 11.2 Å². The predicted molar refractivity (Wildman–Crippen MR) is 89.3 cm³/mol. The molecule has 2 unspecified atom stereocenters. The second kappa shape index (κ2) is 6.52. The van der Waals surface area contributed by atoms with Crippen LogP contribution in [0, 0.1) is 11.8 Å². The molecule has 0 aromatic heterocycles. The van der Waals surface area contributed by atoms with E-state index in [9.17, 15) is 9.90 Å². The Morgan fingerprint density at radius 3 is 2.78 bits per heavy atom. The number of benzene rings is 1. The molecule has 1 aliphatic heterocycles. The number of carbonyl (C=O) groups is 1. The van der Waals surface area contributed by atoms with Crippen LogP contribution in [0.1, 0.15) is 38.2 Å². The Bertz CT molecular complexity index is 569. The number of aryl methyl sites for hydroxylation is 1. The number of carbonyl (C=O) groups excluding carboxylic acids is 1. The zero-order valence-electron chi connectivity index (χ0n) is 14.1. The van der Waals surface area contributed by atoms with Gasteiger partial charge >= 0.3 is 0 Å². The van der Waals surface area contributed by atoms with E-state index in [0.717, 1.165) is 24.2 Å². The number of rotatable bonds is 5. The van der Waals surface area contributed by atoms with Gasteiger partial charge in [0, 0.05) is 25.4 Å². The molecule has 2 aliphatic rings. The molecule has 1 aromatic carbocycles. The first-order valence-corrected chi connectivity index (χ1v) is 8.66. The molecule has 0 bridgehead atoms. The first kappa shape index (κ1) is 16.3. The Labute approximate surface area is 138 Å². The molecule has 0 radical (unpaired) electrons. The molecule has 1 saturated heterocycles. The van der Waals surface area contributed by atoms with Crippen LogP contribution in [0.4, 0.5) is 0 Å². The molecule has 3 rings (SSSR count). The number of β-amino-alcohol motifs (C(OH)–C–C–N with tert-alkyl or cyclic N) is 1. The molecular formula is C19H27NO3. The first-order valence-electron chi connectivity index (χ1n) is 8.66. The minimum Gasteiger partial charge on any atom is -0.496 e. The summed E-state index contributed by atoms with van der Waals surface area (Å²) in [4.78, 5) is 14.4. The molecule has 1 heterocycles. The lowest BCUT2D eigenvalue weighted by atomic mass is 9.69. The molecule has 1 N–H and O–H groups in total. The van der Waals surface area contributed by atoms with Crippen LogP contribution in [0.5, 0.6) is 5.75 Å². The van der Waals surface area contributed by atoms with Gasteiger partial charge in [0.1, 0.15) is 5.75 Å². The Hall–Kier alpha value is -1.55. The smallest absolute Gasteiger partial charge is 0.223 e. The van der Waals surface area contributed by atoms with Crippen molar-refractivity contribution in [2.24, 2.45) is 11.8 Å². The van der Waals surface area contributed by atoms with Gasteiger partial charge in [-0.15, -0.1) is 0 Å². The number of amides is 1. The summed E-state index contributed by atoms with van der Waals surface area (Å²) in [5.74, 6) is 1.52. The van der Waals surface area contributed by atoms with Gasteiger partial charge in [0.25, 0.3) is 0 Å². The molecule has 2 fully saturated rings. The normalized spacial score (nSPS) is 27.8. The van der Waals surface area contributed by atoms with E-state index in [1.165, 1.54) is 6.42 Å². The van der Waals surface area contributed by atoms with E-state index < -0.39 is 5.60 Å². The molecule has 1 aliphatic carbocycles. The molecule has 126 valence electrons. The van der Waals surface area contributed by atoms with E-state index in [-0.39, 0.29) is 11.8 Å². The van der Waals surface area contributed by atoms with Crippen molar-refractivity contribution in [1.29, 1.82) is 0 Å². The van der Waals surface area contributed by atoms with Gasteiger partial charge in [0.15, 0.2) is 0 Å². The van der Waals surface area contributed by atoms with Crippen LogP contribution in [0.15, 0.2) is 24.3 Å². The number of aliphatic hydroxyl groups is 1. The number of nitrogens with zero attached hydrogens (tertiary/aromatic N) is 1. The summed E-state index contributed by atoms with van der Waals surface area (Å²) >= 11 is 0. The number of hydrogen-bond donors (Lipinski definition) is 1. The van der Waals surface area contributed by atoms with Crippen molar-refractivity contribution in [2.75, 3.05) is 20.2 Å². The average molecular weight is 317 g/mol. The summed E-state index contributed by atoms with van der Waals surface area (Å²) in [6.07, 6.45) is 4.55. The van der Waals surface area contributed by atoms with Crippen molar-refractivity contribution < 1.29 is 14.6 Å². The van der Waals surface area contributed by atoms with Crippen LogP contribution in [0.25, 0.3) is 0 Å². The zero-order chi connectivity index (χ0) is 16.4. The lowest BCUT2D eigenvalue weighted by molar-refractivity contribution is -0.132.